The van der Waals surface area contributed by atoms with Gasteiger partial charge in [0, 0.05) is 0 Å². The summed E-state index contributed by atoms with van der Waals surface area (Å²) in [5.74, 6) is 0.637. The molecule has 2 aromatic rings. The molecular formula is C13H15N3O2. The maximum atomic E-state index is 11.5. The number of anilines is 1. The van der Waals surface area contributed by atoms with Gasteiger partial charge >= 0.3 is 0 Å². The second-order valence-electron chi connectivity index (χ2n) is 3.89. The predicted molar refractivity (Wildman–Crippen MR) is 69.9 cm³/mol. The average Bonchev–Trinajstić information content (AvgIpc) is 2.40. The standard InChI is InChI=1S/C13H15N3O2/c1-9(10-6-4-3-5-7-10)16-12-11(18-2)13(17)15-8-14-12/h3-9H,1-2H3,(H2,14,15,16,17). The van der Waals surface area contributed by atoms with Crippen LogP contribution in [0.2, 0.25) is 0 Å². The Kier molecular flexibility index (Phi) is 3.62. The van der Waals surface area contributed by atoms with Crippen LogP contribution in [0.15, 0.2) is 41.5 Å². The SMILES string of the molecule is COc1c(NC(C)c2ccccc2)nc[nH]c1=O. The number of hydrogen-bond acceptors (Lipinski definition) is 4. The van der Waals surface area contributed by atoms with Crippen molar-refractivity contribution in [3.63, 3.8) is 0 Å². The molecule has 0 aliphatic rings. The zero-order valence-electron chi connectivity index (χ0n) is 10.3. The van der Waals surface area contributed by atoms with Crippen molar-refractivity contribution in [3.05, 3.63) is 52.6 Å². The fraction of sp³-hybridized carbons (Fsp3) is 0.231. The van der Waals surface area contributed by atoms with E-state index in [1.54, 1.807) is 0 Å². The van der Waals surface area contributed by atoms with Crippen LogP contribution in [0.3, 0.4) is 0 Å². The fourth-order valence-electron chi connectivity index (χ4n) is 1.71. The van der Waals surface area contributed by atoms with Crippen molar-refractivity contribution < 1.29 is 4.74 Å². The van der Waals surface area contributed by atoms with Gasteiger partial charge in [-0.05, 0) is 12.5 Å². The Bertz CT molecular complexity index is 566. The van der Waals surface area contributed by atoms with Crippen LogP contribution in [0.4, 0.5) is 5.82 Å². The Morgan fingerprint density at radius 1 is 1.33 bits per heavy atom. The highest BCUT2D eigenvalue weighted by atomic mass is 16.5. The van der Waals surface area contributed by atoms with Crippen molar-refractivity contribution in [3.8, 4) is 5.75 Å². The molecule has 94 valence electrons. The second kappa shape index (κ2) is 5.35. The molecule has 0 bridgehead atoms. The van der Waals surface area contributed by atoms with Gasteiger partial charge in [-0.15, -0.1) is 0 Å². The van der Waals surface area contributed by atoms with Gasteiger partial charge in [0.1, 0.15) is 0 Å². The molecule has 1 aromatic carbocycles. The number of hydrogen-bond donors (Lipinski definition) is 2. The summed E-state index contributed by atoms with van der Waals surface area (Å²) in [4.78, 5) is 18.1. The van der Waals surface area contributed by atoms with E-state index in [2.05, 4.69) is 15.3 Å². The van der Waals surface area contributed by atoms with Gasteiger partial charge < -0.3 is 15.0 Å². The van der Waals surface area contributed by atoms with Gasteiger partial charge in [0.25, 0.3) is 5.56 Å². The summed E-state index contributed by atoms with van der Waals surface area (Å²) in [5, 5.41) is 3.16. The Morgan fingerprint density at radius 2 is 2.06 bits per heavy atom. The van der Waals surface area contributed by atoms with E-state index in [1.165, 1.54) is 13.4 Å². The number of nitrogens with one attached hydrogen (secondary N) is 2. The summed E-state index contributed by atoms with van der Waals surface area (Å²) < 4.78 is 5.04. The molecular weight excluding hydrogens is 230 g/mol. The maximum Gasteiger partial charge on any atom is 0.295 e. The minimum atomic E-state index is -0.296. The summed E-state index contributed by atoms with van der Waals surface area (Å²) in [7, 11) is 1.45. The molecule has 0 fully saturated rings. The smallest absolute Gasteiger partial charge is 0.295 e. The molecule has 5 heteroatoms. The largest absolute Gasteiger partial charge is 0.489 e. The summed E-state index contributed by atoms with van der Waals surface area (Å²) in [5.41, 5.74) is 0.817. The van der Waals surface area contributed by atoms with Crippen LogP contribution in [0.1, 0.15) is 18.5 Å². The van der Waals surface area contributed by atoms with Crippen LogP contribution < -0.4 is 15.6 Å². The summed E-state index contributed by atoms with van der Waals surface area (Å²) in [6, 6.07) is 9.96. The molecule has 1 atom stereocenters. The molecule has 2 N–H and O–H groups in total. The lowest BCUT2D eigenvalue weighted by atomic mass is 10.1. The molecule has 0 aliphatic carbocycles. The highest BCUT2D eigenvalue weighted by Gasteiger charge is 2.12. The third kappa shape index (κ3) is 2.51. The van der Waals surface area contributed by atoms with E-state index in [0.29, 0.717) is 5.82 Å². The number of ether oxygens (including phenoxy) is 1. The maximum absolute atomic E-state index is 11.5. The molecule has 1 unspecified atom stereocenters. The minimum absolute atomic E-state index is 0.0365. The highest BCUT2D eigenvalue weighted by molar-refractivity contribution is 5.49. The molecule has 0 saturated heterocycles. The quantitative estimate of drug-likeness (QED) is 0.864. The lowest BCUT2D eigenvalue weighted by Gasteiger charge is -2.16. The Balaban J connectivity index is 2.25. The van der Waals surface area contributed by atoms with Gasteiger partial charge in [0.05, 0.1) is 19.5 Å². The van der Waals surface area contributed by atoms with Crippen LogP contribution >= 0.6 is 0 Å². The molecule has 18 heavy (non-hydrogen) atoms. The predicted octanol–water partition coefficient (Wildman–Crippen LogP) is 1.95. The van der Waals surface area contributed by atoms with E-state index in [1.807, 2.05) is 37.3 Å². The van der Waals surface area contributed by atoms with Crippen LogP contribution in [-0.2, 0) is 0 Å². The third-order valence-corrected chi connectivity index (χ3v) is 2.67. The number of aromatic nitrogens is 2. The molecule has 2 rings (SSSR count). The third-order valence-electron chi connectivity index (χ3n) is 2.67. The number of H-pyrrole nitrogens is 1. The van der Waals surface area contributed by atoms with Crippen LogP contribution in [0.5, 0.6) is 5.75 Å². The lowest BCUT2D eigenvalue weighted by Crippen LogP contribution is -2.16. The van der Waals surface area contributed by atoms with Crippen LogP contribution in [-0.4, -0.2) is 17.1 Å². The van der Waals surface area contributed by atoms with E-state index < -0.39 is 0 Å². The average molecular weight is 245 g/mol. The monoisotopic (exact) mass is 245 g/mol. The zero-order chi connectivity index (χ0) is 13.0. The molecule has 1 aromatic heterocycles. The Labute approximate surface area is 105 Å². The fourth-order valence-corrected chi connectivity index (χ4v) is 1.71. The minimum Gasteiger partial charge on any atom is -0.489 e. The van der Waals surface area contributed by atoms with E-state index >= 15 is 0 Å². The van der Waals surface area contributed by atoms with Gasteiger partial charge in [-0.25, -0.2) is 4.98 Å². The van der Waals surface area contributed by atoms with Crippen molar-refractivity contribution in [2.75, 3.05) is 12.4 Å². The van der Waals surface area contributed by atoms with Gasteiger partial charge in [-0.1, -0.05) is 30.3 Å². The van der Waals surface area contributed by atoms with Crippen molar-refractivity contribution in [2.45, 2.75) is 13.0 Å². The number of aromatic amines is 1. The number of nitrogens with zero attached hydrogens (tertiary/aromatic N) is 1. The molecule has 5 nitrogen and oxygen atoms in total. The number of methoxy groups -OCH3 is 1. The number of rotatable bonds is 4. The molecule has 0 aliphatic heterocycles. The first kappa shape index (κ1) is 12.2. The van der Waals surface area contributed by atoms with Crippen molar-refractivity contribution in [2.24, 2.45) is 0 Å². The highest BCUT2D eigenvalue weighted by Crippen LogP contribution is 2.21. The topological polar surface area (TPSA) is 67.0 Å². The van der Waals surface area contributed by atoms with E-state index in [-0.39, 0.29) is 17.4 Å². The van der Waals surface area contributed by atoms with Gasteiger partial charge in [0.15, 0.2) is 5.82 Å². The van der Waals surface area contributed by atoms with Crippen molar-refractivity contribution >= 4 is 5.82 Å². The Morgan fingerprint density at radius 3 is 2.72 bits per heavy atom. The van der Waals surface area contributed by atoms with E-state index in [4.69, 9.17) is 4.74 Å². The first-order valence-corrected chi connectivity index (χ1v) is 5.65. The summed E-state index contributed by atoms with van der Waals surface area (Å²) in [6.45, 7) is 2.00. The Hall–Kier alpha value is -2.30. The summed E-state index contributed by atoms with van der Waals surface area (Å²) >= 11 is 0. The number of benzene rings is 1. The normalized spacial score (nSPS) is 11.9. The molecule has 0 radical (unpaired) electrons. The molecule has 1 heterocycles. The summed E-state index contributed by atoms with van der Waals surface area (Å²) in [6.07, 6.45) is 1.35. The molecule has 0 amide bonds. The van der Waals surface area contributed by atoms with Crippen LogP contribution in [0.25, 0.3) is 0 Å². The van der Waals surface area contributed by atoms with Crippen molar-refractivity contribution in [1.82, 2.24) is 9.97 Å². The van der Waals surface area contributed by atoms with Crippen LogP contribution in [0, 0.1) is 0 Å². The van der Waals surface area contributed by atoms with Gasteiger partial charge in [-0.3, -0.25) is 4.79 Å². The second-order valence-corrected chi connectivity index (χ2v) is 3.89. The van der Waals surface area contributed by atoms with E-state index in [9.17, 15) is 4.79 Å². The van der Waals surface area contributed by atoms with Gasteiger partial charge in [-0.2, -0.15) is 0 Å². The first-order valence-electron chi connectivity index (χ1n) is 5.65. The van der Waals surface area contributed by atoms with Crippen molar-refractivity contribution in [1.29, 1.82) is 0 Å². The molecule has 0 spiro atoms. The molecule has 0 saturated carbocycles. The van der Waals surface area contributed by atoms with Gasteiger partial charge in [0.2, 0.25) is 5.75 Å². The van der Waals surface area contributed by atoms with E-state index in [0.717, 1.165) is 5.56 Å². The lowest BCUT2D eigenvalue weighted by molar-refractivity contribution is 0.407. The first-order chi connectivity index (χ1) is 8.72. The zero-order valence-corrected chi connectivity index (χ0v) is 10.3.